The van der Waals surface area contributed by atoms with Crippen LogP contribution in [0.1, 0.15) is 40.7 Å². The van der Waals surface area contributed by atoms with Gasteiger partial charge in [0.1, 0.15) is 0 Å². The van der Waals surface area contributed by atoms with Gasteiger partial charge in [-0.05, 0) is 181 Å². The van der Waals surface area contributed by atoms with Gasteiger partial charge < -0.3 is 9.80 Å². The molecule has 0 aromatic heterocycles. The zero-order valence-electron chi connectivity index (χ0n) is 35.7. The Morgan fingerprint density at radius 2 is 0.750 bits per heavy atom. The van der Waals surface area contributed by atoms with Crippen molar-refractivity contribution in [2.45, 2.75) is 25.7 Å². The van der Waals surface area contributed by atoms with Crippen molar-refractivity contribution in [1.82, 2.24) is 0 Å². The molecule has 10 aromatic rings. The summed E-state index contributed by atoms with van der Waals surface area (Å²) in [5.74, 6) is 0. The second kappa shape index (κ2) is 16.1. The summed E-state index contributed by atoms with van der Waals surface area (Å²) in [6, 6.07) is 77.2. The highest BCUT2D eigenvalue weighted by Crippen LogP contribution is 2.48. The molecule has 2 aliphatic carbocycles. The fourth-order valence-electron chi connectivity index (χ4n) is 10.5. The Labute approximate surface area is 375 Å². The summed E-state index contributed by atoms with van der Waals surface area (Å²) < 4.78 is 0. The Morgan fingerprint density at radius 3 is 1.31 bits per heavy atom. The van der Waals surface area contributed by atoms with Crippen LogP contribution in [0.2, 0.25) is 0 Å². The number of para-hydroxylation sites is 4. The Bertz CT molecular complexity index is 3310. The number of rotatable bonds is 8. The van der Waals surface area contributed by atoms with E-state index >= 15 is 0 Å². The molecule has 2 heteroatoms. The van der Waals surface area contributed by atoms with E-state index in [2.05, 4.69) is 240 Å². The van der Waals surface area contributed by atoms with Gasteiger partial charge in [0.05, 0.1) is 0 Å². The molecule has 0 atom stereocenters. The van der Waals surface area contributed by atoms with Crippen molar-refractivity contribution in [3.63, 3.8) is 0 Å². The first-order chi connectivity index (χ1) is 31.8. The first-order valence-electron chi connectivity index (χ1n) is 22.6. The van der Waals surface area contributed by atoms with Crippen molar-refractivity contribution in [3.05, 3.63) is 246 Å². The highest BCUT2D eigenvalue weighted by Gasteiger charge is 2.26. The van der Waals surface area contributed by atoms with E-state index in [9.17, 15) is 0 Å². The molecule has 0 saturated carbocycles. The van der Waals surface area contributed by atoms with Crippen molar-refractivity contribution in [3.8, 4) is 11.1 Å². The minimum absolute atomic E-state index is 1.02. The molecule has 0 unspecified atom stereocenters. The second-order valence-electron chi connectivity index (χ2n) is 17.1. The van der Waals surface area contributed by atoms with Gasteiger partial charge >= 0.3 is 0 Å². The second-order valence-corrected chi connectivity index (χ2v) is 17.1. The van der Waals surface area contributed by atoms with Crippen LogP contribution in [0, 0.1) is 0 Å². The monoisotopic (exact) mass is 818 g/mol. The quantitative estimate of drug-likeness (QED) is 0.141. The van der Waals surface area contributed by atoms with Gasteiger partial charge in [-0.1, -0.05) is 152 Å². The summed E-state index contributed by atoms with van der Waals surface area (Å²) in [5, 5.41) is 8.03. The lowest BCUT2D eigenvalue weighted by Crippen LogP contribution is -2.10. The Morgan fingerprint density at radius 1 is 0.312 bits per heavy atom. The molecule has 10 aromatic carbocycles. The fraction of sp³-hybridized carbons (Fsp3) is 0.0645. The molecular formula is C62H46N2. The topological polar surface area (TPSA) is 6.48 Å². The summed E-state index contributed by atoms with van der Waals surface area (Å²) in [4.78, 5) is 4.66. The van der Waals surface area contributed by atoms with Gasteiger partial charge in [0.25, 0.3) is 0 Å². The molecule has 0 radical (unpaired) electrons. The van der Waals surface area contributed by atoms with Crippen LogP contribution in [0.3, 0.4) is 0 Å². The van der Waals surface area contributed by atoms with Gasteiger partial charge in [0.15, 0.2) is 0 Å². The van der Waals surface area contributed by atoms with Crippen LogP contribution in [0.15, 0.2) is 218 Å². The third kappa shape index (κ3) is 6.58. The van der Waals surface area contributed by atoms with E-state index in [-0.39, 0.29) is 0 Å². The van der Waals surface area contributed by atoms with Crippen molar-refractivity contribution in [1.29, 1.82) is 0 Å². The summed E-state index contributed by atoms with van der Waals surface area (Å²) in [7, 11) is 0. The van der Waals surface area contributed by atoms with Crippen LogP contribution in [0.4, 0.5) is 34.1 Å². The van der Waals surface area contributed by atoms with Crippen molar-refractivity contribution < 1.29 is 0 Å². The first-order valence-corrected chi connectivity index (χ1v) is 22.6. The molecule has 0 fully saturated rings. The molecule has 12 rings (SSSR count). The van der Waals surface area contributed by atoms with E-state index in [0.717, 1.165) is 59.8 Å². The zero-order valence-corrected chi connectivity index (χ0v) is 35.7. The van der Waals surface area contributed by atoms with E-state index < -0.39 is 0 Å². The fourth-order valence-corrected chi connectivity index (χ4v) is 10.5. The smallest absolute Gasteiger partial charge is 0.0462 e. The Hall–Kier alpha value is -7.94. The summed E-state index contributed by atoms with van der Waals surface area (Å²) >= 11 is 0. The molecule has 0 heterocycles. The maximum Gasteiger partial charge on any atom is 0.0462 e. The highest BCUT2D eigenvalue weighted by molar-refractivity contribution is 6.30. The number of hydrogen-bond acceptors (Lipinski definition) is 2. The standard InChI is InChI=1S/C62H46N2/c1-5-17-47(18-6-1)63(48-19-7-2-8-20-48)51-35-29-43(30-36-51)45-33-39-55-53-25-13-16-28-58(53)62-60-42-46(34-40-56(60)54-26-14-15-27-57(54)61(62)59(55)41-45)44-31-37-52(38-32-44)64(49-21-9-3-10-22-49)50-23-11-4-12-24-50/h1-13,15-25,27-33,35-39,41-42H,14,26,34,40H2. The molecule has 0 saturated heterocycles. The number of anilines is 6. The normalized spacial score (nSPS) is 13.1. The number of hydrogen-bond donors (Lipinski definition) is 0. The molecule has 2 aliphatic rings. The SMILES string of the molecule is C1=Cc2c(c3c(c4c5ccccc5c5ccc(-c6ccc(N(c7ccccc7)c7ccccc7)cc6)cc5c24)C=C(c2ccc(N(c4ccccc4)c4ccccc4)cc2)CC3)CC1. The molecular weight excluding hydrogens is 773 g/mol. The van der Waals surface area contributed by atoms with Crippen molar-refractivity contribution in [2.75, 3.05) is 9.80 Å². The number of allylic oxidation sites excluding steroid dienone is 2. The molecule has 0 amide bonds. The molecule has 0 aliphatic heterocycles. The average molecular weight is 819 g/mol. The van der Waals surface area contributed by atoms with Gasteiger partial charge in [-0.3, -0.25) is 0 Å². The van der Waals surface area contributed by atoms with Gasteiger partial charge in [-0.2, -0.15) is 0 Å². The highest BCUT2D eigenvalue weighted by atomic mass is 15.1. The van der Waals surface area contributed by atoms with Crippen LogP contribution in [0.25, 0.3) is 61.2 Å². The van der Waals surface area contributed by atoms with Crippen LogP contribution in [-0.4, -0.2) is 0 Å². The third-order valence-corrected chi connectivity index (χ3v) is 13.4. The van der Waals surface area contributed by atoms with Crippen LogP contribution in [-0.2, 0) is 12.8 Å². The number of fused-ring (bicyclic) bond motifs is 11. The predicted octanol–water partition coefficient (Wildman–Crippen LogP) is 17.2. The van der Waals surface area contributed by atoms with Gasteiger partial charge in [0, 0.05) is 34.1 Å². The largest absolute Gasteiger partial charge is 0.311 e. The van der Waals surface area contributed by atoms with Crippen LogP contribution in [0.5, 0.6) is 0 Å². The van der Waals surface area contributed by atoms with Gasteiger partial charge in [-0.15, -0.1) is 0 Å². The molecule has 2 nitrogen and oxygen atoms in total. The summed E-state index contributed by atoms with van der Waals surface area (Å²) in [6.45, 7) is 0. The van der Waals surface area contributed by atoms with Gasteiger partial charge in [0.2, 0.25) is 0 Å². The van der Waals surface area contributed by atoms with Crippen LogP contribution < -0.4 is 9.80 Å². The number of nitrogens with zero attached hydrogens (tertiary/aromatic N) is 2. The van der Waals surface area contributed by atoms with E-state index in [0.29, 0.717) is 0 Å². The summed E-state index contributed by atoms with van der Waals surface area (Å²) in [5.41, 5.74) is 17.8. The lowest BCUT2D eigenvalue weighted by atomic mass is 9.76. The Balaban J connectivity index is 0.996. The Kier molecular flexibility index (Phi) is 9.49. The first kappa shape index (κ1) is 37.8. The lowest BCUT2D eigenvalue weighted by Gasteiger charge is -2.28. The van der Waals surface area contributed by atoms with Crippen LogP contribution >= 0.6 is 0 Å². The third-order valence-electron chi connectivity index (χ3n) is 13.4. The van der Waals surface area contributed by atoms with Crippen molar-refractivity contribution in [2.24, 2.45) is 0 Å². The maximum atomic E-state index is 2.55. The molecule has 0 N–H and O–H groups in total. The van der Waals surface area contributed by atoms with Gasteiger partial charge in [-0.25, -0.2) is 0 Å². The minimum Gasteiger partial charge on any atom is -0.311 e. The van der Waals surface area contributed by atoms with E-state index in [1.165, 1.54) is 76.8 Å². The molecule has 0 bridgehead atoms. The average Bonchev–Trinajstić information content (AvgIpc) is 3.38. The number of benzene rings is 10. The molecule has 304 valence electrons. The van der Waals surface area contributed by atoms with E-state index in [1.807, 2.05) is 0 Å². The maximum absolute atomic E-state index is 2.55. The zero-order chi connectivity index (χ0) is 42.4. The molecule has 64 heavy (non-hydrogen) atoms. The predicted molar refractivity (Wildman–Crippen MR) is 274 cm³/mol. The minimum atomic E-state index is 1.02. The summed E-state index contributed by atoms with van der Waals surface area (Å²) in [6.07, 6.45) is 11.6. The molecule has 0 spiro atoms. The van der Waals surface area contributed by atoms with Crippen molar-refractivity contribution >= 4 is 84.2 Å². The van der Waals surface area contributed by atoms with E-state index in [1.54, 1.807) is 0 Å². The van der Waals surface area contributed by atoms with E-state index in [4.69, 9.17) is 0 Å². The lowest BCUT2D eigenvalue weighted by molar-refractivity contribution is 0.918.